The zero-order valence-corrected chi connectivity index (χ0v) is 12.5. The molecule has 0 atom stereocenters. The molecule has 1 N–H and O–H groups in total. The lowest BCUT2D eigenvalue weighted by Gasteiger charge is -2.48. The van der Waals surface area contributed by atoms with Crippen molar-refractivity contribution in [2.45, 2.75) is 19.4 Å². The first-order valence-electron chi connectivity index (χ1n) is 7.05. The summed E-state index contributed by atoms with van der Waals surface area (Å²) in [5.74, 6) is -0.323. The number of aliphatic hydroxyl groups is 1. The Morgan fingerprint density at radius 3 is 2.50 bits per heavy atom. The molecule has 1 aliphatic heterocycles. The van der Waals surface area contributed by atoms with Crippen LogP contribution < -0.4 is 4.90 Å². The van der Waals surface area contributed by atoms with Crippen LogP contribution in [0.2, 0.25) is 0 Å². The average molecular weight is 297 g/mol. The molecule has 1 aliphatic rings. The molecule has 1 aromatic carbocycles. The minimum absolute atomic E-state index is 0.323. The summed E-state index contributed by atoms with van der Waals surface area (Å²) in [7, 11) is 0. The highest BCUT2D eigenvalue weighted by molar-refractivity contribution is 5.64. The van der Waals surface area contributed by atoms with Crippen LogP contribution in [0.4, 0.5) is 10.1 Å². The number of aromatic nitrogens is 1. The normalized spacial score (nSPS) is 16.0. The first kappa shape index (κ1) is 14.5. The number of nitrogens with zero attached hydrogens (tertiary/aromatic N) is 3. The third-order valence-electron chi connectivity index (χ3n) is 4.05. The van der Waals surface area contributed by atoms with Gasteiger partial charge in [0.2, 0.25) is 0 Å². The lowest BCUT2D eigenvalue weighted by Crippen LogP contribution is -2.59. The van der Waals surface area contributed by atoms with Gasteiger partial charge in [-0.2, -0.15) is 5.26 Å². The fraction of sp³-hybridized carbons (Fsp3) is 0.294. The molecular weight excluding hydrogens is 281 g/mol. The van der Waals surface area contributed by atoms with E-state index in [-0.39, 0.29) is 5.82 Å². The molecule has 112 valence electrons. The number of hydrogen-bond acceptors (Lipinski definition) is 4. The second kappa shape index (κ2) is 5.08. The van der Waals surface area contributed by atoms with Crippen molar-refractivity contribution in [2.75, 3.05) is 18.0 Å². The highest BCUT2D eigenvalue weighted by atomic mass is 19.1. The van der Waals surface area contributed by atoms with Crippen molar-refractivity contribution in [1.29, 1.82) is 5.26 Å². The Hall–Kier alpha value is -2.45. The molecule has 4 nitrogen and oxygen atoms in total. The molecule has 1 saturated heterocycles. The number of nitriles is 1. The summed E-state index contributed by atoms with van der Waals surface area (Å²) in [5.41, 5.74) is 2.53. The predicted molar refractivity (Wildman–Crippen MR) is 80.9 cm³/mol. The number of β-amino-alcohol motifs (C(OH)–C–C–N with tert-alkyl or cyclic N) is 1. The number of hydrogen-bond donors (Lipinski definition) is 1. The van der Waals surface area contributed by atoms with Crippen molar-refractivity contribution in [3.8, 4) is 6.07 Å². The molecule has 0 aliphatic carbocycles. The maximum atomic E-state index is 13.0. The number of halogens is 1. The summed E-state index contributed by atoms with van der Waals surface area (Å²) in [6.45, 7) is 4.43. The standard InChI is InChI=1S/C17H16FN3O/c1-11-7-16(15(8-19)12(2)20-11)21-9-17(22,10-21)13-3-5-14(18)6-4-13/h3-7,22H,9-10H2,1-2H3. The molecule has 2 aromatic rings. The smallest absolute Gasteiger partial charge is 0.124 e. The monoisotopic (exact) mass is 297 g/mol. The van der Waals surface area contributed by atoms with Crippen LogP contribution in [0, 0.1) is 31.0 Å². The van der Waals surface area contributed by atoms with Crippen LogP contribution in [0.25, 0.3) is 0 Å². The largest absolute Gasteiger partial charge is 0.381 e. The van der Waals surface area contributed by atoms with Gasteiger partial charge in [0.05, 0.1) is 30.0 Å². The molecule has 3 rings (SSSR count). The minimum Gasteiger partial charge on any atom is -0.381 e. The molecule has 22 heavy (non-hydrogen) atoms. The quantitative estimate of drug-likeness (QED) is 0.925. The van der Waals surface area contributed by atoms with Crippen molar-refractivity contribution in [3.63, 3.8) is 0 Å². The van der Waals surface area contributed by atoms with Gasteiger partial charge in [0.25, 0.3) is 0 Å². The van der Waals surface area contributed by atoms with E-state index in [4.69, 9.17) is 0 Å². The first-order chi connectivity index (χ1) is 10.4. The molecule has 2 heterocycles. The summed E-state index contributed by atoms with van der Waals surface area (Å²) < 4.78 is 13.0. The summed E-state index contributed by atoms with van der Waals surface area (Å²) in [6, 6.07) is 9.92. The lowest BCUT2D eigenvalue weighted by molar-refractivity contribution is 0.00744. The van der Waals surface area contributed by atoms with Gasteiger partial charge in [-0.05, 0) is 37.6 Å². The topological polar surface area (TPSA) is 60.1 Å². The molecule has 0 spiro atoms. The summed E-state index contributed by atoms with van der Waals surface area (Å²) >= 11 is 0. The average Bonchev–Trinajstić information content (AvgIpc) is 2.44. The Balaban J connectivity index is 1.87. The van der Waals surface area contributed by atoms with E-state index < -0.39 is 5.60 Å². The Morgan fingerprint density at radius 2 is 1.91 bits per heavy atom. The van der Waals surface area contributed by atoms with Crippen molar-refractivity contribution in [3.05, 3.63) is 58.7 Å². The van der Waals surface area contributed by atoms with E-state index in [1.165, 1.54) is 12.1 Å². The van der Waals surface area contributed by atoms with Gasteiger partial charge in [-0.15, -0.1) is 0 Å². The summed E-state index contributed by atoms with van der Waals surface area (Å²) in [5, 5.41) is 20.0. The lowest BCUT2D eigenvalue weighted by atomic mass is 9.85. The third-order valence-corrected chi connectivity index (χ3v) is 4.05. The maximum absolute atomic E-state index is 13.0. The highest BCUT2D eigenvalue weighted by Crippen LogP contribution is 2.37. The van der Waals surface area contributed by atoms with E-state index in [0.717, 1.165) is 11.4 Å². The van der Waals surface area contributed by atoms with Crippen molar-refractivity contribution in [2.24, 2.45) is 0 Å². The molecule has 0 radical (unpaired) electrons. The predicted octanol–water partition coefficient (Wildman–Crippen LogP) is 2.42. The Bertz CT molecular complexity index is 759. The van der Waals surface area contributed by atoms with Gasteiger partial charge in [-0.3, -0.25) is 4.98 Å². The van der Waals surface area contributed by atoms with E-state index >= 15 is 0 Å². The van der Waals surface area contributed by atoms with Crippen LogP contribution in [-0.2, 0) is 5.60 Å². The van der Waals surface area contributed by atoms with Crippen LogP contribution in [-0.4, -0.2) is 23.2 Å². The Labute approximate surface area is 128 Å². The summed E-state index contributed by atoms with van der Waals surface area (Å²) in [4.78, 5) is 6.24. The fourth-order valence-corrected chi connectivity index (χ4v) is 2.89. The molecule has 1 fully saturated rings. The number of benzene rings is 1. The fourth-order valence-electron chi connectivity index (χ4n) is 2.89. The van der Waals surface area contributed by atoms with E-state index in [9.17, 15) is 14.8 Å². The SMILES string of the molecule is Cc1cc(N2CC(O)(c3ccc(F)cc3)C2)c(C#N)c(C)n1. The van der Waals surface area contributed by atoms with E-state index in [2.05, 4.69) is 11.1 Å². The van der Waals surface area contributed by atoms with Gasteiger partial charge in [0.15, 0.2) is 0 Å². The highest BCUT2D eigenvalue weighted by Gasteiger charge is 2.43. The molecule has 1 aromatic heterocycles. The van der Waals surface area contributed by atoms with Crippen molar-refractivity contribution < 1.29 is 9.50 Å². The van der Waals surface area contributed by atoms with Crippen molar-refractivity contribution >= 4 is 5.69 Å². The number of aryl methyl sites for hydroxylation is 2. The zero-order chi connectivity index (χ0) is 15.9. The Kier molecular flexibility index (Phi) is 3.34. The van der Waals surface area contributed by atoms with E-state index in [1.807, 2.05) is 17.9 Å². The number of rotatable bonds is 2. The van der Waals surface area contributed by atoms with E-state index in [0.29, 0.717) is 29.9 Å². The van der Waals surface area contributed by atoms with Gasteiger partial charge in [-0.1, -0.05) is 12.1 Å². The van der Waals surface area contributed by atoms with Gasteiger partial charge in [0, 0.05) is 5.69 Å². The van der Waals surface area contributed by atoms with E-state index in [1.54, 1.807) is 19.1 Å². The molecular formula is C17H16FN3O. The molecule has 5 heteroatoms. The van der Waals surface area contributed by atoms with Gasteiger partial charge in [0.1, 0.15) is 17.5 Å². The maximum Gasteiger partial charge on any atom is 0.124 e. The number of pyridine rings is 1. The molecule has 0 saturated carbocycles. The zero-order valence-electron chi connectivity index (χ0n) is 12.5. The van der Waals surface area contributed by atoms with Gasteiger partial charge >= 0.3 is 0 Å². The second-order valence-corrected chi connectivity index (χ2v) is 5.75. The first-order valence-corrected chi connectivity index (χ1v) is 7.05. The molecule has 0 unspecified atom stereocenters. The van der Waals surface area contributed by atoms with Gasteiger partial charge < -0.3 is 10.0 Å². The second-order valence-electron chi connectivity index (χ2n) is 5.75. The summed E-state index contributed by atoms with van der Waals surface area (Å²) in [6.07, 6.45) is 0. The Morgan fingerprint density at radius 1 is 1.27 bits per heavy atom. The molecule has 0 amide bonds. The van der Waals surface area contributed by atoms with Crippen LogP contribution in [0.3, 0.4) is 0 Å². The number of anilines is 1. The molecule has 0 bridgehead atoms. The minimum atomic E-state index is -1.01. The van der Waals surface area contributed by atoms with Gasteiger partial charge in [-0.25, -0.2) is 4.39 Å². The van der Waals surface area contributed by atoms with Crippen LogP contribution in [0.15, 0.2) is 30.3 Å². The van der Waals surface area contributed by atoms with Crippen LogP contribution in [0.1, 0.15) is 22.5 Å². The van der Waals surface area contributed by atoms with Crippen molar-refractivity contribution in [1.82, 2.24) is 4.98 Å². The van der Waals surface area contributed by atoms with Crippen LogP contribution in [0.5, 0.6) is 0 Å². The third kappa shape index (κ3) is 2.32. The van der Waals surface area contributed by atoms with Crippen LogP contribution >= 0.6 is 0 Å².